The van der Waals surface area contributed by atoms with Crippen molar-refractivity contribution in [3.8, 4) is 0 Å². The Balaban J connectivity index is 2.08. The average Bonchev–Trinajstić information content (AvgIpc) is 2.32. The zero-order valence-corrected chi connectivity index (χ0v) is 10.00. The molecule has 0 atom stereocenters. The van der Waals surface area contributed by atoms with Gasteiger partial charge in [-0.1, -0.05) is 30.3 Å². The molecule has 2 N–H and O–H groups in total. The van der Waals surface area contributed by atoms with Crippen LogP contribution >= 0.6 is 11.8 Å². The Kier molecular flexibility index (Phi) is 3.47. The van der Waals surface area contributed by atoms with Gasteiger partial charge in [0.25, 0.3) is 0 Å². The molecule has 0 spiro atoms. The molecule has 0 fully saturated rings. The van der Waals surface area contributed by atoms with Gasteiger partial charge in [0.2, 0.25) is 0 Å². The van der Waals surface area contributed by atoms with Gasteiger partial charge in [0.15, 0.2) is 0 Å². The molecule has 0 unspecified atom stereocenters. The van der Waals surface area contributed by atoms with Crippen molar-refractivity contribution in [2.45, 2.75) is 17.6 Å². The lowest BCUT2D eigenvalue weighted by Gasteiger charge is -2.05. The monoisotopic (exact) mass is 230 g/mol. The highest BCUT2D eigenvalue weighted by Crippen LogP contribution is 2.27. The lowest BCUT2D eigenvalue weighted by atomic mass is 10.2. The summed E-state index contributed by atoms with van der Waals surface area (Å²) in [5.74, 6) is 1.54. The van der Waals surface area contributed by atoms with Crippen LogP contribution in [0.3, 0.4) is 0 Å². The second-order valence-electron chi connectivity index (χ2n) is 3.67. The average molecular weight is 230 g/mol. The minimum atomic E-state index is 0.617. The fourth-order valence-corrected chi connectivity index (χ4v) is 2.39. The zero-order valence-electron chi connectivity index (χ0n) is 9.18. The van der Waals surface area contributed by atoms with Gasteiger partial charge in [0, 0.05) is 11.9 Å². The van der Waals surface area contributed by atoms with Gasteiger partial charge in [-0.3, -0.25) is 0 Å². The van der Waals surface area contributed by atoms with Crippen LogP contribution in [-0.4, -0.2) is 4.98 Å². The molecular weight excluding hydrogens is 216 g/mol. The second-order valence-corrected chi connectivity index (χ2v) is 4.69. The first kappa shape index (κ1) is 11.0. The van der Waals surface area contributed by atoms with Crippen molar-refractivity contribution in [2.24, 2.45) is 0 Å². The van der Waals surface area contributed by atoms with Crippen LogP contribution in [0.1, 0.15) is 11.1 Å². The third kappa shape index (κ3) is 2.76. The van der Waals surface area contributed by atoms with E-state index in [0.717, 1.165) is 16.2 Å². The van der Waals surface area contributed by atoms with Crippen molar-refractivity contribution < 1.29 is 0 Å². The summed E-state index contributed by atoms with van der Waals surface area (Å²) in [6.45, 7) is 2.03. The SMILES string of the molecule is Cc1cnc(N)c(SCc2ccccc2)c1. The summed E-state index contributed by atoms with van der Waals surface area (Å²) in [6, 6.07) is 12.4. The number of anilines is 1. The van der Waals surface area contributed by atoms with Crippen LogP contribution in [0.5, 0.6) is 0 Å². The molecule has 82 valence electrons. The van der Waals surface area contributed by atoms with Gasteiger partial charge in [0.1, 0.15) is 5.82 Å². The molecule has 0 saturated carbocycles. The van der Waals surface area contributed by atoms with E-state index in [1.54, 1.807) is 18.0 Å². The van der Waals surface area contributed by atoms with E-state index in [1.807, 2.05) is 25.1 Å². The van der Waals surface area contributed by atoms with Gasteiger partial charge in [-0.05, 0) is 24.1 Å². The molecule has 0 aliphatic rings. The first-order valence-corrected chi connectivity index (χ1v) is 6.13. The van der Waals surface area contributed by atoms with Gasteiger partial charge in [-0.25, -0.2) is 4.98 Å². The molecular formula is C13H14N2S. The van der Waals surface area contributed by atoms with Gasteiger partial charge in [-0.15, -0.1) is 11.8 Å². The van der Waals surface area contributed by atoms with Crippen molar-refractivity contribution in [2.75, 3.05) is 5.73 Å². The third-order valence-electron chi connectivity index (χ3n) is 2.26. The van der Waals surface area contributed by atoms with E-state index in [2.05, 4.69) is 23.2 Å². The highest BCUT2D eigenvalue weighted by molar-refractivity contribution is 7.98. The molecule has 3 heteroatoms. The molecule has 1 aromatic carbocycles. The predicted octanol–water partition coefficient (Wildman–Crippen LogP) is 3.26. The number of thioether (sulfide) groups is 1. The number of pyridine rings is 1. The highest BCUT2D eigenvalue weighted by Gasteiger charge is 2.02. The Morgan fingerprint density at radius 3 is 2.75 bits per heavy atom. The number of nitrogens with zero attached hydrogens (tertiary/aromatic N) is 1. The van der Waals surface area contributed by atoms with Crippen LogP contribution in [0.15, 0.2) is 47.5 Å². The molecule has 1 heterocycles. The molecule has 16 heavy (non-hydrogen) atoms. The Labute approximate surface area is 99.9 Å². The van der Waals surface area contributed by atoms with Gasteiger partial charge >= 0.3 is 0 Å². The van der Waals surface area contributed by atoms with Crippen LogP contribution in [0.25, 0.3) is 0 Å². The van der Waals surface area contributed by atoms with Crippen LogP contribution in [0.4, 0.5) is 5.82 Å². The first-order valence-electron chi connectivity index (χ1n) is 5.14. The number of benzene rings is 1. The molecule has 0 aliphatic heterocycles. The number of hydrogen-bond acceptors (Lipinski definition) is 3. The van der Waals surface area contributed by atoms with Gasteiger partial charge in [0.05, 0.1) is 4.90 Å². The van der Waals surface area contributed by atoms with E-state index in [1.165, 1.54) is 5.56 Å². The predicted molar refractivity (Wildman–Crippen MR) is 69.4 cm³/mol. The molecule has 2 nitrogen and oxygen atoms in total. The summed E-state index contributed by atoms with van der Waals surface area (Å²) in [4.78, 5) is 5.21. The summed E-state index contributed by atoms with van der Waals surface area (Å²) >= 11 is 1.73. The summed E-state index contributed by atoms with van der Waals surface area (Å²) in [7, 11) is 0. The Morgan fingerprint density at radius 2 is 2.00 bits per heavy atom. The summed E-state index contributed by atoms with van der Waals surface area (Å²) in [5.41, 5.74) is 8.26. The van der Waals surface area contributed by atoms with E-state index in [9.17, 15) is 0 Å². The van der Waals surface area contributed by atoms with E-state index in [0.29, 0.717) is 5.82 Å². The topological polar surface area (TPSA) is 38.9 Å². The van der Waals surface area contributed by atoms with Crippen LogP contribution in [0.2, 0.25) is 0 Å². The maximum Gasteiger partial charge on any atom is 0.137 e. The number of nitrogen functional groups attached to an aromatic ring is 1. The second kappa shape index (κ2) is 5.03. The fourth-order valence-electron chi connectivity index (χ4n) is 1.40. The minimum absolute atomic E-state index is 0.617. The standard InChI is InChI=1S/C13H14N2S/c1-10-7-12(13(14)15-8-10)16-9-11-5-3-2-4-6-11/h2-8H,9H2,1H3,(H2,14,15). The molecule has 0 bridgehead atoms. The van der Waals surface area contributed by atoms with Crippen molar-refractivity contribution in [1.29, 1.82) is 0 Å². The lowest BCUT2D eigenvalue weighted by molar-refractivity contribution is 1.20. The van der Waals surface area contributed by atoms with E-state index >= 15 is 0 Å². The molecule has 2 rings (SSSR count). The molecule has 0 saturated heterocycles. The largest absolute Gasteiger partial charge is 0.383 e. The smallest absolute Gasteiger partial charge is 0.137 e. The fraction of sp³-hybridized carbons (Fsp3) is 0.154. The summed E-state index contributed by atoms with van der Waals surface area (Å²) < 4.78 is 0. The third-order valence-corrected chi connectivity index (χ3v) is 3.37. The van der Waals surface area contributed by atoms with Crippen LogP contribution < -0.4 is 5.73 Å². The van der Waals surface area contributed by atoms with Crippen LogP contribution in [0, 0.1) is 6.92 Å². The van der Waals surface area contributed by atoms with Gasteiger partial charge < -0.3 is 5.73 Å². The van der Waals surface area contributed by atoms with Crippen molar-refractivity contribution >= 4 is 17.6 Å². The van der Waals surface area contributed by atoms with Crippen molar-refractivity contribution in [3.63, 3.8) is 0 Å². The zero-order chi connectivity index (χ0) is 11.4. The molecule has 2 aromatic rings. The normalized spacial score (nSPS) is 10.3. The maximum atomic E-state index is 5.82. The van der Waals surface area contributed by atoms with Gasteiger partial charge in [-0.2, -0.15) is 0 Å². The van der Waals surface area contributed by atoms with Crippen molar-refractivity contribution in [3.05, 3.63) is 53.7 Å². The lowest BCUT2D eigenvalue weighted by Crippen LogP contribution is -1.93. The number of nitrogens with two attached hydrogens (primary N) is 1. The van der Waals surface area contributed by atoms with E-state index < -0.39 is 0 Å². The molecule has 0 aliphatic carbocycles. The number of aromatic nitrogens is 1. The Morgan fingerprint density at radius 1 is 1.25 bits per heavy atom. The summed E-state index contributed by atoms with van der Waals surface area (Å²) in [6.07, 6.45) is 1.79. The number of aryl methyl sites for hydroxylation is 1. The minimum Gasteiger partial charge on any atom is -0.383 e. The number of rotatable bonds is 3. The number of hydrogen-bond donors (Lipinski definition) is 1. The molecule has 1 aromatic heterocycles. The van der Waals surface area contributed by atoms with E-state index in [4.69, 9.17) is 5.73 Å². The molecule has 0 amide bonds. The molecule has 0 radical (unpaired) electrons. The summed E-state index contributed by atoms with van der Waals surface area (Å²) in [5, 5.41) is 0. The first-order chi connectivity index (χ1) is 7.75. The quantitative estimate of drug-likeness (QED) is 0.822. The van der Waals surface area contributed by atoms with Crippen molar-refractivity contribution in [1.82, 2.24) is 4.98 Å². The van der Waals surface area contributed by atoms with E-state index in [-0.39, 0.29) is 0 Å². The Hall–Kier alpha value is -1.48. The maximum absolute atomic E-state index is 5.82. The Bertz CT molecular complexity index is 469. The highest BCUT2D eigenvalue weighted by atomic mass is 32.2. The van der Waals surface area contributed by atoms with Crippen LogP contribution in [-0.2, 0) is 5.75 Å².